The fourth-order valence-electron chi connectivity index (χ4n) is 2.70. The van der Waals surface area contributed by atoms with Crippen LogP contribution in [-0.2, 0) is 16.6 Å². The number of benzene rings is 2. The number of amides is 1. The van der Waals surface area contributed by atoms with E-state index >= 15 is 0 Å². The number of hydrogen-bond acceptors (Lipinski definition) is 5. The highest BCUT2D eigenvalue weighted by Gasteiger charge is 2.10. The monoisotopic (exact) mass is 414 g/mol. The van der Waals surface area contributed by atoms with Crippen molar-refractivity contribution in [2.75, 3.05) is 12.9 Å². The van der Waals surface area contributed by atoms with Gasteiger partial charge in [-0.2, -0.15) is 4.99 Å². The van der Waals surface area contributed by atoms with Crippen LogP contribution in [0.3, 0.4) is 0 Å². The first kappa shape index (κ1) is 20.4. The number of thiazole rings is 1. The van der Waals surface area contributed by atoms with Crippen molar-refractivity contribution in [2.45, 2.75) is 24.7 Å². The maximum absolute atomic E-state index is 12.3. The number of fused-ring (bicyclic) bond motifs is 1. The molecule has 1 amide bonds. The third kappa shape index (κ3) is 4.91. The lowest BCUT2D eigenvalue weighted by molar-refractivity contribution is -0.118. The van der Waals surface area contributed by atoms with Crippen LogP contribution in [-0.4, -0.2) is 29.3 Å². The van der Waals surface area contributed by atoms with E-state index in [9.17, 15) is 9.59 Å². The number of thioether (sulfide) groups is 1. The molecule has 3 aromatic rings. The molecule has 28 heavy (non-hydrogen) atoms. The molecule has 0 fully saturated rings. The van der Waals surface area contributed by atoms with Gasteiger partial charge in [0.05, 0.1) is 22.9 Å². The quantitative estimate of drug-likeness (QED) is 0.342. The lowest BCUT2D eigenvalue weighted by Crippen LogP contribution is -2.13. The Labute approximate surface area is 172 Å². The zero-order chi connectivity index (χ0) is 20.1. The molecule has 0 aliphatic heterocycles. The van der Waals surface area contributed by atoms with Crippen molar-refractivity contribution in [1.29, 1.82) is 0 Å². The molecule has 0 N–H and O–H groups in total. The molecule has 0 saturated heterocycles. The van der Waals surface area contributed by atoms with Crippen molar-refractivity contribution < 1.29 is 14.3 Å². The van der Waals surface area contributed by atoms with Gasteiger partial charge in [-0.05, 0) is 49.4 Å². The maximum Gasteiger partial charge on any atom is 0.337 e. The molecule has 0 aliphatic carbocycles. The number of rotatable bonds is 6. The van der Waals surface area contributed by atoms with Crippen molar-refractivity contribution in [3.8, 4) is 0 Å². The van der Waals surface area contributed by atoms with Crippen LogP contribution in [0.1, 0.15) is 28.8 Å². The Hall–Kier alpha value is -2.38. The summed E-state index contributed by atoms with van der Waals surface area (Å²) in [5.74, 6) is 0.379. The van der Waals surface area contributed by atoms with E-state index in [0.717, 1.165) is 22.4 Å². The van der Waals surface area contributed by atoms with Gasteiger partial charge in [-0.15, -0.1) is 11.8 Å². The van der Waals surface area contributed by atoms with Crippen molar-refractivity contribution in [2.24, 2.45) is 12.0 Å². The van der Waals surface area contributed by atoms with E-state index in [4.69, 9.17) is 4.74 Å². The van der Waals surface area contributed by atoms with Crippen molar-refractivity contribution in [1.82, 2.24) is 4.57 Å². The van der Waals surface area contributed by atoms with Crippen molar-refractivity contribution in [3.63, 3.8) is 0 Å². The number of methoxy groups -OCH3 is 1. The van der Waals surface area contributed by atoms with E-state index in [1.165, 1.54) is 28.9 Å². The van der Waals surface area contributed by atoms with Gasteiger partial charge in [0.25, 0.3) is 0 Å². The zero-order valence-corrected chi connectivity index (χ0v) is 17.7. The third-order valence-electron chi connectivity index (χ3n) is 4.28. The molecule has 0 spiro atoms. The van der Waals surface area contributed by atoms with Crippen LogP contribution in [0.4, 0.5) is 0 Å². The summed E-state index contributed by atoms with van der Waals surface area (Å²) < 4.78 is 7.53. The van der Waals surface area contributed by atoms with Crippen LogP contribution in [0.25, 0.3) is 10.2 Å². The summed E-state index contributed by atoms with van der Waals surface area (Å²) in [5.41, 5.74) is 2.66. The van der Waals surface area contributed by atoms with Crippen LogP contribution < -0.4 is 4.80 Å². The topological polar surface area (TPSA) is 60.7 Å². The molecule has 3 rings (SSSR count). The number of aromatic nitrogens is 1. The minimum absolute atomic E-state index is 0.125. The van der Waals surface area contributed by atoms with E-state index < -0.39 is 0 Å². The predicted octanol–water partition coefficient (Wildman–Crippen LogP) is 4.33. The SMILES string of the molecule is COC(=O)c1ccc2c(c1)sc(=NC(=O)CCCSc1ccc(C)cc1)n2C. The van der Waals surface area contributed by atoms with E-state index in [1.54, 1.807) is 23.9 Å². The van der Waals surface area contributed by atoms with E-state index in [-0.39, 0.29) is 11.9 Å². The number of carbonyl (C=O) groups is 2. The highest BCUT2D eigenvalue weighted by molar-refractivity contribution is 7.99. The fraction of sp³-hybridized carbons (Fsp3) is 0.286. The second-order valence-electron chi connectivity index (χ2n) is 6.39. The molecule has 0 aliphatic rings. The van der Waals surface area contributed by atoms with Gasteiger partial charge in [-0.1, -0.05) is 29.0 Å². The van der Waals surface area contributed by atoms with Gasteiger partial charge in [0, 0.05) is 18.4 Å². The number of carbonyl (C=O) groups excluding carboxylic acids is 2. The Kier molecular flexibility index (Phi) is 6.70. The molecule has 1 heterocycles. The van der Waals surface area contributed by atoms with Gasteiger partial charge >= 0.3 is 5.97 Å². The summed E-state index contributed by atoms with van der Waals surface area (Å²) in [4.78, 5) is 30.1. The Morgan fingerprint density at radius 3 is 2.64 bits per heavy atom. The molecule has 146 valence electrons. The van der Waals surface area contributed by atoms with E-state index in [1.807, 2.05) is 17.7 Å². The smallest absolute Gasteiger partial charge is 0.337 e. The zero-order valence-electron chi connectivity index (χ0n) is 16.1. The average Bonchev–Trinajstić information content (AvgIpc) is 3.00. The molecule has 0 saturated carbocycles. The number of hydrogen-bond donors (Lipinski definition) is 0. The van der Waals surface area contributed by atoms with Crippen LogP contribution in [0.5, 0.6) is 0 Å². The van der Waals surface area contributed by atoms with Crippen molar-refractivity contribution >= 4 is 45.2 Å². The number of ether oxygens (including phenoxy) is 1. The van der Waals surface area contributed by atoms with E-state index in [0.29, 0.717) is 16.8 Å². The van der Waals surface area contributed by atoms with Gasteiger partial charge < -0.3 is 9.30 Å². The highest BCUT2D eigenvalue weighted by atomic mass is 32.2. The molecular formula is C21H22N2O3S2. The predicted molar refractivity (Wildman–Crippen MR) is 114 cm³/mol. The standard InChI is InChI=1S/C21H22N2O3S2/c1-14-6-9-16(10-7-14)27-12-4-5-19(24)22-21-23(2)17-11-8-15(20(25)26-3)13-18(17)28-21/h6-11,13H,4-5,12H2,1-3H3. The lowest BCUT2D eigenvalue weighted by Gasteiger charge is -2.01. The van der Waals surface area contributed by atoms with Crippen molar-refractivity contribution in [3.05, 3.63) is 58.4 Å². The summed E-state index contributed by atoms with van der Waals surface area (Å²) in [5, 5.41) is 0. The van der Waals surface area contributed by atoms with Crippen LogP contribution in [0, 0.1) is 6.92 Å². The second-order valence-corrected chi connectivity index (χ2v) is 8.57. The van der Waals surface area contributed by atoms with Gasteiger partial charge in [0.2, 0.25) is 5.91 Å². The van der Waals surface area contributed by atoms with Crippen LogP contribution in [0.15, 0.2) is 52.4 Å². The number of esters is 1. The molecule has 5 nitrogen and oxygen atoms in total. The minimum atomic E-state index is -0.376. The fourth-order valence-corrected chi connectivity index (χ4v) is 4.62. The molecule has 0 radical (unpaired) electrons. The average molecular weight is 415 g/mol. The number of nitrogens with zero attached hydrogens (tertiary/aromatic N) is 2. The van der Waals surface area contributed by atoms with Crippen LogP contribution in [0.2, 0.25) is 0 Å². The first-order chi connectivity index (χ1) is 13.5. The Bertz CT molecular complexity index is 1070. The number of aryl methyl sites for hydroxylation is 2. The normalized spacial score (nSPS) is 11.8. The summed E-state index contributed by atoms with van der Waals surface area (Å²) >= 11 is 3.14. The summed E-state index contributed by atoms with van der Waals surface area (Å²) in [6.45, 7) is 2.07. The molecular weight excluding hydrogens is 392 g/mol. The lowest BCUT2D eigenvalue weighted by atomic mass is 10.2. The largest absolute Gasteiger partial charge is 0.465 e. The highest BCUT2D eigenvalue weighted by Crippen LogP contribution is 2.20. The van der Waals surface area contributed by atoms with E-state index in [2.05, 4.69) is 36.2 Å². The van der Waals surface area contributed by atoms with Gasteiger partial charge in [0.1, 0.15) is 0 Å². The molecule has 0 atom stereocenters. The van der Waals surface area contributed by atoms with Gasteiger partial charge in [-0.3, -0.25) is 4.79 Å². The summed E-state index contributed by atoms with van der Waals surface area (Å²) in [7, 11) is 3.23. The van der Waals surface area contributed by atoms with Gasteiger partial charge in [-0.25, -0.2) is 4.79 Å². The Morgan fingerprint density at radius 1 is 1.18 bits per heavy atom. The minimum Gasteiger partial charge on any atom is -0.465 e. The third-order valence-corrected chi connectivity index (χ3v) is 6.47. The first-order valence-electron chi connectivity index (χ1n) is 8.93. The summed E-state index contributed by atoms with van der Waals surface area (Å²) in [6, 6.07) is 13.7. The van der Waals surface area contributed by atoms with Gasteiger partial charge in [0.15, 0.2) is 4.80 Å². The molecule has 0 unspecified atom stereocenters. The summed E-state index contributed by atoms with van der Waals surface area (Å²) in [6.07, 6.45) is 1.20. The Morgan fingerprint density at radius 2 is 1.93 bits per heavy atom. The molecule has 1 aromatic heterocycles. The first-order valence-corrected chi connectivity index (χ1v) is 10.7. The Balaban J connectivity index is 1.64. The van der Waals surface area contributed by atoms with Crippen LogP contribution >= 0.6 is 23.1 Å². The maximum atomic E-state index is 12.3. The second kappa shape index (κ2) is 9.21. The molecule has 2 aromatic carbocycles. The molecule has 7 heteroatoms. The molecule has 0 bridgehead atoms.